The highest BCUT2D eigenvalue weighted by Crippen LogP contribution is 2.19. The lowest BCUT2D eigenvalue weighted by Crippen LogP contribution is -2.27. The van der Waals surface area contributed by atoms with E-state index < -0.39 is 6.09 Å². The largest absolute Gasteiger partial charge is 0.465 e. The first-order chi connectivity index (χ1) is 11.9. The smallest absolute Gasteiger partial charge is 0.407 e. The van der Waals surface area contributed by atoms with Gasteiger partial charge in [0, 0.05) is 33.4 Å². The van der Waals surface area contributed by atoms with E-state index in [1.165, 1.54) is 26.1 Å². The molecule has 9 nitrogen and oxygen atoms in total. The van der Waals surface area contributed by atoms with Crippen LogP contribution in [0.1, 0.15) is 16.9 Å². The van der Waals surface area contributed by atoms with Crippen LogP contribution in [0.2, 0.25) is 0 Å². The van der Waals surface area contributed by atoms with Gasteiger partial charge in [-0.15, -0.1) is 0 Å². The minimum absolute atomic E-state index is 0.233. The fraction of sp³-hybridized carbons (Fsp3) is 0.375. The van der Waals surface area contributed by atoms with Crippen molar-refractivity contribution in [1.82, 2.24) is 24.7 Å². The molecule has 2 aromatic rings. The summed E-state index contributed by atoms with van der Waals surface area (Å²) in [5, 5.41) is 14.3. The van der Waals surface area contributed by atoms with Crippen molar-refractivity contribution >= 4 is 12.0 Å². The van der Waals surface area contributed by atoms with Crippen LogP contribution < -0.4 is 0 Å². The second-order valence-corrected chi connectivity index (χ2v) is 5.40. The third-order valence-corrected chi connectivity index (χ3v) is 3.68. The summed E-state index contributed by atoms with van der Waals surface area (Å²) in [6, 6.07) is 7.13. The maximum absolute atomic E-state index is 12.3. The molecule has 0 unspecified atom stereocenters. The van der Waals surface area contributed by atoms with Gasteiger partial charge < -0.3 is 10.0 Å². The lowest BCUT2D eigenvalue weighted by molar-refractivity contribution is -0.0760. The molecule has 0 spiro atoms. The third kappa shape index (κ3) is 4.54. The lowest BCUT2D eigenvalue weighted by atomic mass is 10.2. The number of aryl methyl sites for hydroxylation is 1. The maximum atomic E-state index is 12.3. The zero-order valence-corrected chi connectivity index (χ0v) is 14.4. The topological polar surface area (TPSA) is 101 Å². The van der Waals surface area contributed by atoms with E-state index in [9.17, 15) is 9.59 Å². The Hall–Kier alpha value is -2.94. The van der Waals surface area contributed by atoms with Crippen molar-refractivity contribution in [2.24, 2.45) is 0 Å². The van der Waals surface area contributed by atoms with Gasteiger partial charge in [0.15, 0.2) is 5.69 Å². The molecule has 0 radical (unpaired) electrons. The first-order valence-corrected chi connectivity index (χ1v) is 7.69. The summed E-state index contributed by atoms with van der Waals surface area (Å²) < 4.78 is 1.66. The van der Waals surface area contributed by atoms with Crippen molar-refractivity contribution in [2.75, 3.05) is 27.7 Å². The highest BCUT2D eigenvalue weighted by atomic mass is 16.7. The van der Waals surface area contributed by atoms with E-state index in [2.05, 4.69) is 10.1 Å². The highest BCUT2D eigenvalue weighted by molar-refractivity contribution is 5.92. The molecule has 0 aliphatic rings. The molecule has 0 aliphatic carbocycles. The van der Waals surface area contributed by atoms with Crippen molar-refractivity contribution < 1.29 is 19.5 Å². The zero-order valence-electron chi connectivity index (χ0n) is 14.4. The monoisotopic (exact) mass is 347 g/mol. The van der Waals surface area contributed by atoms with E-state index >= 15 is 0 Å². The number of aromatic nitrogens is 3. The van der Waals surface area contributed by atoms with Crippen molar-refractivity contribution in [3.8, 4) is 11.4 Å². The van der Waals surface area contributed by atoms with Crippen LogP contribution in [0.4, 0.5) is 4.79 Å². The molecule has 0 saturated heterocycles. The van der Waals surface area contributed by atoms with Crippen LogP contribution in [0.15, 0.2) is 30.5 Å². The first kappa shape index (κ1) is 18.4. The van der Waals surface area contributed by atoms with Crippen LogP contribution in [-0.2, 0) is 11.4 Å². The normalized spacial score (nSPS) is 10.5. The van der Waals surface area contributed by atoms with Crippen molar-refractivity contribution in [3.63, 3.8) is 0 Å². The van der Waals surface area contributed by atoms with Crippen LogP contribution in [0.5, 0.6) is 0 Å². The average Bonchev–Trinajstić information content (AvgIpc) is 3.05. The number of pyridine rings is 1. The fourth-order valence-corrected chi connectivity index (χ4v) is 2.21. The summed E-state index contributed by atoms with van der Waals surface area (Å²) in [4.78, 5) is 33.5. The number of hydrogen-bond donors (Lipinski definition) is 1. The molecule has 134 valence electrons. The Bertz CT molecular complexity index is 731. The van der Waals surface area contributed by atoms with Crippen molar-refractivity contribution in [3.05, 3.63) is 36.2 Å². The standard InChI is InChI=1S/C16H21N5O4/c1-19(16(23)24)9-6-10-21-14(12-7-4-5-8-17-12)11-13(18-21)15(22)20(2)25-3/h4-5,7-8,11H,6,9-10H2,1-3H3,(H,23,24). The first-order valence-electron chi connectivity index (χ1n) is 7.69. The van der Waals surface area contributed by atoms with Gasteiger partial charge in [-0.2, -0.15) is 5.10 Å². The van der Waals surface area contributed by atoms with Gasteiger partial charge in [-0.1, -0.05) is 6.07 Å². The van der Waals surface area contributed by atoms with Gasteiger partial charge in [-0.3, -0.25) is 19.3 Å². The van der Waals surface area contributed by atoms with Gasteiger partial charge >= 0.3 is 6.09 Å². The van der Waals surface area contributed by atoms with Crippen molar-refractivity contribution in [1.29, 1.82) is 0 Å². The number of amides is 2. The molecule has 9 heteroatoms. The molecule has 0 saturated carbocycles. The number of carbonyl (C=O) groups is 2. The molecule has 1 N–H and O–H groups in total. The Balaban J connectivity index is 2.25. The zero-order chi connectivity index (χ0) is 18.4. The number of hydrogen-bond acceptors (Lipinski definition) is 5. The molecule has 2 rings (SSSR count). The van der Waals surface area contributed by atoms with E-state index in [0.29, 0.717) is 30.9 Å². The second kappa shape index (κ2) is 8.25. The Morgan fingerprint density at radius 3 is 2.68 bits per heavy atom. The molecular formula is C16H21N5O4. The molecule has 2 heterocycles. The van der Waals surface area contributed by atoms with E-state index in [0.717, 1.165) is 5.06 Å². The molecule has 0 bridgehead atoms. The summed E-state index contributed by atoms with van der Waals surface area (Å²) >= 11 is 0. The third-order valence-electron chi connectivity index (χ3n) is 3.68. The van der Waals surface area contributed by atoms with Crippen LogP contribution in [0.25, 0.3) is 11.4 Å². The van der Waals surface area contributed by atoms with Crippen LogP contribution >= 0.6 is 0 Å². The fourth-order valence-electron chi connectivity index (χ4n) is 2.21. The molecule has 2 aromatic heterocycles. The molecule has 0 aromatic carbocycles. The van der Waals surface area contributed by atoms with Gasteiger partial charge in [-0.25, -0.2) is 9.86 Å². The Labute approximate surface area is 145 Å². The summed E-state index contributed by atoms with van der Waals surface area (Å²) in [5.74, 6) is -0.374. The Morgan fingerprint density at radius 2 is 2.08 bits per heavy atom. The Morgan fingerprint density at radius 1 is 1.32 bits per heavy atom. The predicted molar refractivity (Wildman–Crippen MR) is 89.8 cm³/mol. The molecule has 0 atom stereocenters. The van der Waals surface area contributed by atoms with E-state index in [1.807, 2.05) is 12.1 Å². The predicted octanol–water partition coefficient (Wildman–Crippen LogP) is 1.58. The summed E-state index contributed by atoms with van der Waals surface area (Å²) in [6.45, 7) is 0.811. The minimum Gasteiger partial charge on any atom is -0.465 e. The van der Waals surface area contributed by atoms with Gasteiger partial charge in [0.05, 0.1) is 18.5 Å². The van der Waals surface area contributed by atoms with Gasteiger partial charge in [0.1, 0.15) is 0 Å². The summed E-state index contributed by atoms with van der Waals surface area (Å²) in [5.41, 5.74) is 1.60. The minimum atomic E-state index is -0.983. The number of carbonyl (C=O) groups excluding carboxylic acids is 1. The van der Waals surface area contributed by atoms with Crippen LogP contribution in [0, 0.1) is 0 Å². The number of nitrogens with zero attached hydrogens (tertiary/aromatic N) is 5. The molecule has 0 fully saturated rings. The van der Waals surface area contributed by atoms with Crippen molar-refractivity contribution in [2.45, 2.75) is 13.0 Å². The highest BCUT2D eigenvalue weighted by Gasteiger charge is 2.19. The van der Waals surface area contributed by atoms with E-state index in [4.69, 9.17) is 9.94 Å². The quantitative estimate of drug-likeness (QED) is 0.763. The molecular weight excluding hydrogens is 326 g/mol. The molecule has 0 aliphatic heterocycles. The molecule has 2 amide bonds. The number of hydroxylamine groups is 2. The number of carboxylic acid groups (broad SMARTS) is 1. The lowest BCUT2D eigenvalue weighted by Gasteiger charge is -2.13. The summed E-state index contributed by atoms with van der Waals surface area (Å²) in [7, 11) is 4.41. The number of rotatable bonds is 7. The Kier molecular flexibility index (Phi) is 6.07. The van der Waals surface area contributed by atoms with Gasteiger partial charge in [0.25, 0.3) is 5.91 Å². The van der Waals surface area contributed by atoms with Gasteiger partial charge in [0.2, 0.25) is 0 Å². The second-order valence-electron chi connectivity index (χ2n) is 5.40. The van der Waals surface area contributed by atoms with E-state index in [1.54, 1.807) is 23.0 Å². The van der Waals surface area contributed by atoms with Gasteiger partial charge in [-0.05, 0) is 24.6 Å². The molecule has 25 heavy (non-hydrogen) atoms. The maximum Gasteiger partial charge on any atom is 0.407 e. The van der Waals surface area contributed by atoms with Crippen LogP contribution in [-0.4, -0.2) is 69.6 Å². The van der Waals surface area contributed by atoms with Crippen LogP contribution in [0.3, 0.4) is 0 Å². The SMILES string of the molecule is CON(C)C(=O)c1cc(-c2ccccn2)n(CCCN(C)C(=O)O)n1. The average molecular weight is 347 g/mol. The summed E-state index contributed by atoms with van der Waals surface area (Å²) in [6.07, 6.45) is 1.23. The van der Waals surface area contributed by atoms with E-state index in [-0.39, 0.29) is 11.6 Å².